The van der Waals surface area contributed by atoms with Crippen LogP contribution in [0.4, 0.5) is 0 Å². The molecular weight excluding hydrogens is 129 g/mol. The highest BCUT2D eigenvalue weighted by Crippen LogP contribution is 2.18. The van der Waals surface area contributed by atoms with Crippen LogP contribution in [0.15, 0.2) is 6.20 Å². The molecule has 0 N–H and O–H groups in total. The highest BCUT2D eigenvalue weighted by atomic mass is 31.0. The summed E-state index contributed by atoms with van der Waals surface area (Å²) in [5.74, 6) is 0. The van der Waals surface area contributed by atoms with Gasteiger partial charge in [-0.05, 0) is 32.1 Å². The number of hydrogen-bond acceptors (Lipinski definition) is 1. The number of aryl methyl sites for hydroxylation is 2. The van der Waals surface area contributed by atoms with Crippen LogP contribution in [0.2, 0.25) is 0 Å². The molecule has 0 bridgehead atoms. The van der Waals surface area contributed by atoms with Crippen LogP contribution >= 0.6 is 8.35 Å². The number of hydrogen-bond donors (Lipinski definition) is 0. The first kappa shape index (κ1) is 6.82. The fourth-order valence-electron chi connectivity index (χ4n) is 0.949. The summed E-state index contributed by atoms with van der Waals surface area (Å²) >= 11 is 0. The lowest BCUT2D eigenvalue weighted by molar-refractivity contribution is 1.07. The smallest absolute Gasteiger partial charge is 0.0344 e. The summed E-state index contributed by atoms with van der Waals surface area (Å²) in [6, 6.07) is 0. The van der Waals surface area contributed by atoms with Crippen molar-refractivity contribution < 1.29 is 0 Å². The van der Waals surface area contributed by atoms with Crippen molar-refractivity contribution in [3.63, 3.8) is 0 Å². The molecule has 0 aromatic carbocycles. The molecule has 2 heteroatoms. The summed E-state index contributed by atoms with van der Waals surface area (Å²) in [4.78, 5) is 0. The van der Waals surface area contributed by atoms with Crippen LogP contribution in [0.3, 0.4) is 0 Å². The average Bonchev–Trinajstić information content (AvgIpc) is 2.33. The molecule has 0 aliphatic carbocycles. The molecular formula is C7H12NP. The summed E-state index contributed by atoms with van der Waals surface area (Å²) in [7, 11) is 0.736. The van der Waals surface area contributed by atoms with E-state index in [1.807, 2.05) is 6.20 Å². The van der Waals surface area contributed by atoms with Gasteiger partial charge in [-0.25, -0.2) is 4.75 Å². The summed E-state index contributed by atoms with van der Waals surface area (Å²) in [5.41, 5.74) is 1.47. The van der Waals surface area contributed by atoms with Crippen molar-refractivity contribution in [2.75, 3.05) is 0 Å². The van der Waals surface area contributed by atoms with Crippen LogP contribution in [0.25, 0.3) is 0 Å². The molecule has 1 atom stereocenters. The zero-order valence-electron chi connectivity index (χ0n) is 5.94. The Balaban J connectivity index is 2.85. The number of rotatable bonds is 2. The first-order chi connectivity index (χ1) is 4.38. The van der Waals surface area contributed by atoms with Gasteiger partial charge in [0, 0.05) is 6.20 Å². The van der Waals surface area contributed by atoms with Crippen LogP contribution in [-0.2, 0) is 12.8 Å². The molecule has 0 saturated carbocycles. The van der Waals surface area contributed by atoms with Gasteiger partial charge in [-0.1, -0.05) is 13.8 Å². The van der Waals surface area contributed by atoms with Crippen molar-refractivity contribution in [1.29, 1.82) is 0 Å². The quantitative estimate of drug-likeness (QED) is 0.615. The lowest BCUT2D eigenvalue weighted by Crippen LogP contribution is -1.80. The molecule has 1 heterocycles. The van der Waals surface area contributed by atoms with Crippen LogP contribution < -0.4 is 0 Å². The first-order valence-corrected chi connectivity index (χ1v) is 4.34. The molecule has 0 aliphatic heterocycles. The van der Waals surface area contributed by atoms with Gasteiger partial charge in [-0.3, -0.25) is 0 Å². The van der Waals surface area contributed by atoms with E-state index in [1.54, 1.807) is 5.30 Å². The molecule has 1 aromatic heterocycles. The summed E-state index contributed by atoms with van der Waals surface area (Å²) in [6.45, 7) is 4.39. The second-order valence-corrected chi connectivity index (χ2v) is 3.17. The molecule has 0 radical (unpaired) electrons. The topological polar surface area (TPSA) is 12.9 Å². The predicted octanol–water partition coefficient (Wildman–Crippen LogP) is 2.24. The van der Waals surface area contributed by atoms with Gasteiger partial charge in [0.25, 0.3) is 0 Å². The number of aromatic nitrogens is 1. The molecule has 1 nitrogen and oxygen atoms in total. The SMILES string of the molecule is CCc1cn[pH]c1CC. The van der Waals surface area contributed by atoms with Gasteiger partial charge in [0.1, 0.15) is 0 Å². The fourth-order valence-corrected chi connectivity index (χ4v) is 1.87. The van der Waals surface area contributed by atoms with E-state index < -0.39 is 0 Å². The van der Waals surface area contributed by atoms with Gasteiger partial charge in [0.2, 0.25) is 0 Å². The van der Waals surface area contributed by atoms with Crippen LogP contribution in [0, 0.1) is 0 Å². The lowest BCUT2D eigenvalue weighted by Gasteiger charge is -1.92. The van der Waals surface area contributed by atoms with E-state index in [0.29, 0.717) is 0 Å². The van der Waals surface area contributed by atoms with E-state index in [1.165, 1.54) is 12.0 Å². The fraction of sp³-hybridized carbons (Fsp3) is 0.571. The minimum atomic E-state index is 0.736. The van der Waals surface area contributed by atoms with E-state index in [2.05, 4.69) is 18.6 Å². The van der Waals surface area contributed by atoms with E-state index in [0.717, 1.165) is 14.8 Å². The zero-order chi connectivity index (χ0) is 6.69. The van der Waals surface area contributed by atoms with Gasteiger partial charge in [0.15, 0.2) is 0 Å². The average molecular weight is 141 g/mol. The van der Waals surface area contributed by atoms with E-state index in [9.17, 15) is 0 Å². The predicted molar refractivity (Wildman–Crippen MR) is 42.5 cm³/mol. The standard InChI is InChI=1S/C7H12NP/c1-3-6-5-8-9-7(6)4-2/h5,9H,3-4H2,1-2H3. The minimum Gasteiger partial charge on any atom is -0.248 e. The molecule has 0 spiro atoms. The van der Waals surface area contributed by atoms with E-state index in [4.69, 9.17) is 0 Å². The molecule has 0 amide bonds. The lowest BCUT2D eigenvalue weighted by atomic mass is 10.2. The first-order valence-electron chi connectivity index (χ1n) is 3.39. The Morgan fingerprint density at radius 3 is 2.67 bits per heavy atom. The zero-order valence-corrected chi connectivity index (χ0v) is 6.94. The molecule has 1 rings (SSSR count). The Morgan fingerprint density at radius 2 is 2.22 bits per heavy atom. The van der Waals surface area contributed by atoms with E-state index >= 15 is 0 Å². The number of nitrogens with zero attached hydrogens (tertiary/aromatic N) is 1. The van der Waals surface area contributed by atoms with Crippen molar-refractivity contribution in [1.82, 2.24) is 4.75 Å². The van der Waals surface area contributed by atoms with Gasteiger partial charge in [-0.2, -0.15) is 0 Å². The van der Waals surface area contributed by atoms with Gasteiger partial charge in [-0.15, -0.1) is 0 Å². The molecule has 0 saturated heterocycles. The normalized spacial score (nSPS) is 10.9. The highest BCUT2D eigenvalue weighted by Gasteiger charge is 1.97. The maximum Gasteiger partial charge on any atom is 0.0344 e. The monoisotopic (exact) mass is 141 g/mol. The van der Waals surface area contributed by atoms with Crippen molar-refractivity contribution >= 4 is 8.35 Å². The van der Waals surface area contributed by atoms with Crippen molar-refractivity contribution in [3.8, 4) is 0 Å². The van der Waals surface area contributed by atoms with Gasteiger partial charge in [0.05, 0.1) is 0 Å². The van der Waals surface area contributed by atoms with Gasteiger partial charge >= 0.3 is 0 Å². The van der Waals surface area contributed by atoms with Crippen molar-refractivity contribution in [2.45, 2.75) is 26.7 Å². The largest absolute Gasteiger partial charge is 0.248 e. The molecule has 0 fully saturated rings. The maximum absolute atomic E-state index is 4.22. The Hall–Kier alpha value is -0.290. The van der Waals surface area contributed by atoms with Crippen molar-refractivity contribution in [2.24, 2.45) is 0 Å². The third kappa shape index (κ3) is 1.34. The second kappa shape index (κ2) is 3.03. The summed E-state index contributed by atoms with van der Waals surface area (Å²) in [6.07, 6.45) is 4.36. The summed E-state index contributed by atoms with van der Waals surface area (Å²) < 4.78 is 4.22. The van der Waals surface area contributed by atoms with E-state index in [-0.39, 0.29) is 0 Å². The molecule has 0 aliphatic rings. The minimum absolute atomic E-state index is 0.736. The highest BCUT2D eigenvalue weighted by molar-refractivity contribution is 7.26. The molecule has 50 valence electrons. The van der Waals surface area contributed by atoms with Crippen LogP contribution in [-0.4, -0.2) is 4.75 Å². The third-order valence-electron chi connectivity index (χ3n) is 1.54. The van der Waals surface area contributed by atoms with Crippen LogP contribution in [0.5, 0.6) is 0 Å². The third-order valence-corrected chi connectivity index (χ3v) is 2.74. The Morgan fingerprint density at radius 1 is 1.44 bits per heavy atom. The van der Waals surface area contributed by atoms with Crippen molar-refractivity contribution in [3.05, 3.63) is 17.1 Å². The molecule has 1 aromatic rings. The van der Waals surface area contributed by atoms with Gasteiger partial charge < -0.3 is 0 Å². The molecule has 1 unspecified atom stereocenters. The Kier molecular flexibility index (Phi) is 2.29. The maximum atomic E-state index is 4.22. The summed E-state index contributed by atoms with van der Waals surface area (Å²) in [5, 5.41) is 1.55. The molecule has 9 heavy (non-hydrogen) atoms. The Labute approximate surface area is 57.7 Å². The Bertz CT molecular complexity index is 162. The second-order valence-electron chi connectivity index (χ2n) is 2.08. The van der Waals surface area contributed by atoms with Crippen LogP contribution in [0.1, 0.15) is 24.7 Å².